The Morgan fingerprint density at radius 3 is 2.29 bits per heavy atom. The van der Waals surface area contributed by atoms with Crippen LogP contribution in [-0.4, -0.2) is 10.1 Å². The van der Waals surface area contributed by atoms with E-state index in [1.54, 1.807) is 12.4 Å². The van der Waals surface area contributed by atoms with Crippen molar-refractivity contribution in [3.8, 4) is 0 Å². The minimum atomic E-state index is -0.331. The summed E-state index contributed by atoms with van der Waals surface area (Å²) in [6.45, 7) is 4.35. The fraction of sp³-hybridized carbons (Fsp3) is 0.583. The van der Waals surface area contributed by atoms with Gasteiger partial charge in [0.25, 0.3) is 0 Å². The van der Waals surface area contributed by atoms with Gasteiger partial charge in [-0.05, 0) is 30.0 Å². The lowest BCUT2D eigenvalue weighted by molar-refractivity contribution is 0.141. The second-order valence-corrected chi connectivity index (χ2v) is 3.71. The third kappa shape index (κ3) is 3.11. The molecule has 78 valence electrons. The van der Waals surface area contributed by atoms with Crippen LogP contribution < -0.4 is 0 Å². The fourth-order valence-corrected chi connectivity index (χ4v) is 1.66. The van der Waals surface area contributed by atoms with Gasteiger partial charge >= 0.3 is 0 Å². The van der Waals surface area contributed by atoms with Gasteiger partial charge in [0.1, 0.15) is 0 Å². The summed E-state index contributed by atoms with van der Waals surface area (Å²) in [5, 5.41) is 9.93. The van der Waals surface area contributed by atoms with Crippen molar-refractivity contribution in [2.24, 2.45) is 5.92 Å². The molecule has 14 heavy (non-hydrogen) atoms. The van der Waals surface area contributed by atoms with E-state index in [1.165, 1.54) is 0 Å². The molecule has 2 nitrogen and oxygen atoms in total. The van der Waals surface area contributed by atoms with Crippen molar-refractivity contribution < 1.29 is 5.11 Å². The number of rotatable bonds is 5. The Labute approximate surface area is 86.0 Å². The summed E-state index contributed by atoms with van der Waals surface area (Å²) in [5.74, 6) is 0.623. The van der Waals surface area contributed by atoms with Gasteiger partial charge in [-0.2, -0.15) is 0 Å². The lowest BCUT2D eigenvalue weighted by Crippen LogP contribution is -2.05. The lowest BCUT2D eigenvalue weighted by atomic mass is 9.93. The molecule has 0 aliphatic rings. The van der Waals surface area contributed by atoms with Gasteiger partial charge in [-0.1, -0.05) is 26.7 Å². The van der Waals surface area contributed by atoms with Gasteiger partial charge in [-0.25, -0.2) is 0 Å². The Morgan fingerprint density at radius 2 is 1.79 bits per heavy atom. The van der Waals surface area contributed by atoms with Crippen molar-refractivity contribution in [3.63, 3.8) is 0 Å². The summed E-state index contributed by atoms with van der Waals surface area (Å²) < 4.78 is 0. The quantitative estimate of drug-likeness (QED) is 0.780. The van der Waals surface area contributed by atoms with Crippen molar-refractivity contribution in [1.29, 1.82) is 0 Å². The molecule has 0 fully saturated rings. The highest BCUT2D eigenvalue weighted by Gasteiger charge is 2.12. The number of aliphatic hydroxyl groups is 1. The molecule has 0 aliphatic heterocycles. The molecule has 2 heteroatoms. The Bertz CT molecular complexity index is 244. The van der Waals surface area contributed by atoms with Crippen molar-refractivity contribution in [3.05, 3.63) is 30.1 Å². The molecular weight excluding hydrogens is 174 g/mol. The van der Waals surface area contributed by atoms with Crippen LogP contribution in [0, 0.1) is 5.92 Å². The number of nitrogens with zero attached hydrogens (tertiary/aromatic N) is 1. The first kappa shape index (κ1) is 11.2. The molecular formula is C12H19NO. The molecule has 1 aromatic heterocycles. The van der Waals surface area contributed by atoms with Crippen LogP contribution in [0.3, 0.4) is 0 Å². The van der Waals surface area contributed by atoms with Crippen molar-refractivity contribution in [1.82, 2.24) is 4.98 Å². The van der Waals surface area contributed by atoms with Crippen LogP contribution in [0.15, 0.2) is 24.5 Å². The zero-order valence-electron chi connectivity index (χ0n) is 8.98. The zero-order chi connectivity index (χ0) is 10.4. The maximum atomic E-state index is 9.93. The van der Waals surface area contributed by atoms with Crippen molar-refractivity contribution in [2.75, 3.05) is 0 Å². The predicted octanol–water partition coefficient (Wildman–Crippen LogP) is 2.94. The van der Waals surface area contributed by atoms with E-state index in [4.69, 9.17) is 0 Å². The van der Waals surface area contributed by atoms with E-state index in [2.05, 4.69) is 18.8 Å². The van der Waals surface area contributed by atoms with E-state index >= 15 is 0 Å². The van der Waals surface area contributed by atoms with Gasteiger partial charge in [0.2, 0.25) is 0 Å². The Morgan fingerprint density at radius 1 is 1.21 bits per heavy atom. The first-order chi connectivity index (χ1) is 6.77. The number of aromatic nitrogens is 1. The standard InChI is InChI=1S/C12H19NO/c1-3-10(4-2)9-12(14)11-5-7-13-8-6-11/h5-8,10,12,14H,3-4,9H2,1-2H3. The highest BCUT2D eigenvalue weighted by Crippen LogP contribution is 2.24. The molecule has 1 atom stereocenters. The SMILES string of the molecule is CCC(CC)CC(O)c1ccncc1. The number of hydrogen-bond donors (Lipinski definition) is 1. The second kappa shape index (κ2) is 5.76. The molecule has 0 spiro atoms. The summed E-state index contributed by atoms with van der Waals surface area (Å²) in [6, 6.07) is 3.76. The molecule has 1 aromatic rings. The van der Waals surface area contributed by atoms with E-state index in [1.807, 2.05) is 12.1 Å². The molecule has 1 rings (SSSR count). The number of pyridine rings is 1. The van der Waals surface area contributed by atoms with Gasteiger partial charge in [0, 0.05) is 12.4 Å². The van der Waals surface area contributed by atoms with Crippen LogP contribution in [0.25, 0.3) is 0 Å². The molecule has 0 aliphatic carbocycles. The average molecular weight is 193 g/mol. The fourth-order valence-electron chi connectivity index (χ4n) is 1.66. The van der Waals surface area contributed by atoms with Gasteiger partial charge in [0.15, 0.2) is 0 Å². The highest BCUT2D eigenvalue weighted by atomic mass is 16.3. The predicted molar refractivity (Wildman–Crippen MR) is 57.9 cm³/mol. The summed E-state index contributed by atoms with van der Waals surface area (Å²) in [7, 11) is 0. The number of aliphatic hydroxyl groups excluding tert-OH is 1. The van der Waals surface area contributed by atoms with Gasteiger partial charge in [-0.15, -0.1) is 0 Å². The molecule has 1 unspecified atom stereocenters. The molecule has 0 bridgehead atoms. The van der Waals surface area contributed by atoms with E-state index in [0.717, 1.165) is 24.8 Å². The molecule has 0 saturated heterocycles. The molecule has 1 N–H and O–H groups in total. The van der Waals surface area contributed by atoms with Crippen LogP contribution >= 0.6 is 0 Å². The first-order valence-corrected chi connectivity index (χ1v) is 5.35. The Kier molecular flexibility index (Phi) is 4.60. The van der Waals surface area contributed by atoms with Crippen LogP contribution in [0.4, 0.5) is 0 Å². The third-order valence-electron chi connectivity index (χ3n) is 2.80. The highest BCUT2D eigenvalue weighted by molar-refractivity contribution is 5.12. The second-order valence-electron chi connectivity index (χ2n) is 3.71. The summed E-state index contributed by atoms with van der Waals surface area (Å²) in [6.07, 6.45) is 6.26. The summed E-state index contributed by atoms with van der Waals surface area (Å²) >= 11 is 0. The molecule has 0 aromatic carbocycles. The maximum Gasteiger partial charge on any atom is 0.0793 e. The van der Waals surface area contributed by atoms with Crippen LogP contribution in [0.5, 0.6) is 0 Å². The van der Waals surface area contributed by atoms with E-state index < -0.39 is 0 Å². The average Bonchev–Trinajstić information content (AvgIpc) is 2.26. The normalized spacial score (nSPS) is 13.1. The van der Waals surface area contributed by atoms with Crippen LogP contribution in [-0.2, 0) is 0 Å². The van der Waals surface area contributed by atoms with E-state index in [-0.39, 0.29) is 6.10 Å². The van der Waals surface area contributed by atoms with E-state index in [0.29, 0.717) is 5.92 Å². The van der Waals surface area contributed by atoms with Crippen LogP contribution in [0.1, 0.15) is 44.8 Å². The Hall–Kier alpha value is -0.890. The smallest absolute Gasteiger partial charge is 0.0793 e. The van der Waals surface area contributed by atoms with Crippen LogP contribution in [0.2, 0.25) is 0 Å². The zero-order valence-corrected chi connectivity index (χ0v) is 8.98. The van der Waals surface area contributed by atoms with Gasteiger partial charge in [-0.3, -0.25) is 4.98 Å². The van der Waals surface area contributed by atoms with E-state index in [9.17, 15) is 5.11 Å². The van der Waals surface area contributed by atoms with Gasteiger partial charge < -0.3 is 5.11 Å². The summed E-state index contributed by atoms with van der Waals surface area (Å²) in [4.78, 5) is 3.94. The molecule has 0 amide bonds. The molecule has 0 radical (unpaired) electrons. The Balaban J connectivity index is 2.54. The van der Waals surface area contributed by atoms with Crippen molar-refractivity contribution in [2.45, 2.75) is 39.2 Å². The molecule has 1 heterocycles. The third-order valence-corrected chi connectivity index (χ3v) is 2.80. The van der Waals surface area contributed by atoms with Gasteiger partial charge in [0.05, 0.1) is 6.10 Å². The maximum absolute atomic E-state index is 9.93. The largest absolute Gasteiger partial charge is 0.388 e. The number of hydrogen-bond acceptors (Lipinski definition) is 2. The topological polar surface area (TPSA) is 33.1 Å². The summed E-state index contributed by atoms with van der Waals surface area (Å²) in [5.41, 5.74) is 0.979. The first-order valence-electron chi connectivity index (χ1n) is 5.35. The minimum Gasteiger partial charge on any atom is -0.388 e. The minimum absolute atomic E-state index is 0.331. The lowest BCUT2D eigenvalue weighted by Gasteiger charge is -2.17. The van der Waals surface area contributed by atoms with Crippen molar-refractivity contribution >= 4 is 0 Å². The molecule has 0 saturated carbocycles. The monoisotopic (exact) mass is 193 g/mol.